The van der Waals surface area contributed by atoms with E-state index >= 15 is 0 Å². The van der Waals surface area contributed by atoms with Gasteiger partial charge in [-0.2, -0.15) is 8.78 Å². The van der Waals surface area contributed by atoms with Gasteiger partial charge in [0.1, 0.15) is 24.3 Å². The summed E-state index contributed by atoms with van der Waals surface area (Å²) in [6.45, 7) is 3.86. The van der Waals surface area contributed by atoms with Crippen LogP contribution in [0.25, 0.3) is 5.82 Å². The van der Waals surface area contributed by atoms with Crippen molar-refractivity contribution in [1.29, 1.82) is 0 Å². The lowest BCUT2D eigenvalue weighted by molar-refractivity contribution is -0.131. The number of hydrogen-bond acceptors (Lipinski definition) is 6. The number of piperazine rings is 1. The summed E-state index contributed by atoms with van der Waals surface area (Å²) >= 11 is 0. The third kappa shape index (κ3) is 4.47. The Morgan fingerprint density at radius 3 is 2.64 bits per heavy atom. The van der Waals surface area contributed by atoms with Gasteiger partial charge in [-0.1, -0.05) is 0 Å². The van der Waals surface area contributed by atoms with E-state index in [-0.39, 0.29) is 6.54 Å². The first-order valence-corrected chi connectivity index (χ1v) is 7.97. The van der Waals surface area contributed by atoms with Gasteiger partial charge in [0.2, 0.25) is 0 Å². The topological polar surface area (TPSA) is 79.2 Å². The van der Waals surface area contributed by atoms with Crippen LogP contribution in [0.4, 0.5) is 14.6 Å². The van der Waals surface area contributed by atoms with Crippen LogP contribution in [-0.4, -0.2) is 76.0 Å². The average Bonchev–Trinajstić information content (AvgIpc) is 3.17. The van der Waals surface area contributed by atoms with Gasteiger partial charge in [-0.3, -0.25) is 14.3 Å². The lowest BCUT2D eigenvalue weighted by Gasteiger charge is -2.35. The molecule has 1 amide bonds. The summed E-state index contributed by atoms with van der Waals surface area (Å²) < 4.78 is 26.0. The fraction of sp³-hybridized carbons (Fsp3) is 0.467. The van der Waals surface area contributed by atoms with E-state index in [0.717, 1.165) is 37.8 Å². The van der Waals surface area contributed by atoms with Gasteiger partial charge in [0.05, 0.1) is 0 Å². The molecule has 0 unspecified atom stereocenters. The molecule has 2 aromatic heterocycles. The Morgan fingerprint density at radius 1 is 1.20 bits per heavy atom. The number of anilines is 1. The number of carbonyl (C=O) groups excluding carboxylic acids is 1. The van der Waals surface area contributed by atoms with Crippen LogP contribution in [0.1, 0.15) is 0 Å². The van der Waals surface area contributed by atoms with Crippen molar-refractivity contribution in [2.24, 2.45) is 0 Å². The molecule has 0 atom stereocenters. The van der Waals surface area contributed by atoms with E-state index in [4.69, 9.17) is 0 Å². The van der Waals surface area contributed by atoms with Gasteiger partial charge in [0, 0.05) is 57.7 Å². The first kappa shape index (κ1) is 17.2. The molecule has 0 bridgehead atoms. The number of aromatic nitrogens is 4. The predicted octanol–water partition coefficient (Wildman–Crippen LogP) is 0.166. The summed E-state index contributed by atoms with van der Waals surface area (Å²) in [5, 5.41) is 2.22. The quantitative estimate of drug-likeness (QED) is 0.799. The van der Waals surface area contributed by atoms with Crippen molar-refractivity contribution in [2.45, 2.75) is 6.43 Å². The molecule has 134 valence electrons. The molecule has 0 spiro atoms. The number of alkyl halides is 2. The monoisotopic (exact) mass is 351 g/mol. The van der Waals surface area contributed by atoms with Crippen molar-refractivity contribution >= 4 is 11.7 Å². The number of hydrogen-bond donors (Lipinski definition) is 1. The van der Waals surface area contributed by atoms with Gasteiger partial charge < -0.3 is 10.2 Å². The maximum atomic E-state index is 12.1. The molecule has 0 radical (unpaired) electrons. The Morgan fingerprint density at radius 2 is 1.96 bits per heavy atom. The van der Waals surface area contributed by atoms with Crippen LogP contribution in [0.2, 0.25) is 0 Å². The zero-order chi connectivity index (χ0) is 17.6. The van der Waals surface area contributed by atoms with E-state index in [9.17, 15) is 13.6 Å². The Balaban J connectivity index is 1.49. The van der Waals surface area contributed by atoms with E-state index < -0.39 is 12.3 Å². The highest BCUT2D eigenvalue weighted by Crippen LogP contribution is 2.15. The van der Waals surface area contributed by atoms with E-state index in [0.29, 0.717) is 6.54 Å². The molecule has 25 heavy (non-hydrogen) atoms. The van der Waals surface area contributed by atoms with Crippen LogP contribution in [0.5, 0.6) is 0 Å². The van der Waals surface area contributed by atoms with Crippen LogP contribution in [0, 0.1) is 0 Å². The van der Waals surface area contributed by atoms with Crippen LogP contribution in [0.3, 0.4) is 0 Å². The Hall–Kier alpha value is -2.62. The summed E-state index contributed by atoms with van der Waals surface area (Å²) in [6, 6.07) is 1.90. The molecule has 2 aromatic rings. The fourth-order valence-electron chi connectivity index (χ4n) is 2.66. The Labute approximate surface area is 143 Å². The minimum absolute atomic E-state index is 0.224. The normalized spacial score (nSPS) is 15.6. The molecule has 1 saturated heterocycles. The molecule has 3 rings (SSSR count). The van der Waals surface area contributed by atoms with Gasteiger partial charge in [-0.25, -0.2) is 15.0 Å². The molecular formula is C15H19F2N7O. The third-order valence-corrected chi connectivity index (χ3v) is 4.03. The molecule has 1 aliphatic rings. The number of nitrogens with zero attached hydrogens (tertiary/aromatic N) is 6. The molecule has 1 N–H and O–H groups in total. The highest BCUT2D eigenvalue weighted by molar-refractivity contribution is 5.78. The van der Waals surface area contributed by atoms with Gasteiger partial charge in [0.15, 0.2) is 0 Å². The number of rotatable bonds is 6. The van der Waals surface area contributed by atoms with Crippen molar-refractivity contribution in [3.8, 4) is 5.82 Å². The van der Waals surface area contributed by atoms with Crippen molar-refractivity contribution in [1.82, 2.24) is 29.7 Å². The maximum Gasteiger partial charge on any atom is 0.315 e. The number of imidazole rings is 1. The molecule has 0 aromatic carbocycles. The minimum Gasteiger partial charge on any atom is -0.354 e. The number of carbonyl (C=O) groups is 1. The highest BCUT2D eigenvalue weighted by atomic mass is 19.3. The summed E-state index contributed by atoms with van der Waals surface area (Å²) in [5.41, 5.74) is 0. The first-order valence-electron chi connectivity index (χ1n) is 7.97. The number of halogens is 2. The summed E-state index contributed by atoms with van der Waals surface area (Å²) in [7, 11) is 0. The van der Waals surface area contributed by atoms with E-state index in [2.05, 4.69) is 30.1 Å². The fourth-order valence-corrected chi connectivity index (χ4v) is 2.66. The molecule has 3 heterocycles. The molecule has 1 fully saturated rings. The van der Waals surface area contributed by atoms with Crippen LogP contribution in [0.15, 0.2) is 31.1 Å². The molecule has 0 saturated carbocycles. The molecule has 0 aliphatic carbocycles. The Bertz CT molecular complexity index is 687. The van der Waals surface area contributed by atoms with Crippen LogP contribution < -0.4 is 10.2 Å². The lowest BCUT2D eigenvalue weighted by atomic mass is 10.3. The van der Waals surface area contributed by atoms with Gasteiger partial charge in [0.25, 0.3) is 5.91 Å². The van der Waals surface area contributed by atoms with E-state index in [1.54, 1.807) is 12.5 Å². The summed E-state index contributed by atoms with van der Waals surface area (Å²) in [6.07, 6.45) is 3.75. The standard InChI is InChI=1S/C15H19F2N7O/c16-14(17)15(25)19-2-3-22-5-7-23(8-6-22)12-9-13(21-10-20-12)24-4-1-18-11-24/h1,4,9-11,14H,2-3,5-8H2,(H,19,25). The second kappa shape index (κ2) is 7.97. The van der Waals surface area contributed by atoms with E-state index in [1.807, 2.05) is 16.8 Å². The minimum atomic E-state index is -2.96. The van der Waals surface area contributed by atoms with Crippen molar-refractivity contribution < 1.29 is 13.6 Å². The lowest BCUT2D eigenvalue weighted by Crippen LogP contribution is -2.49. The van der Waals surface area contributed by atoms with E-state index in [1.165, 1.54) is 6.33 Å². The van der Waals surface area contributed by atoms with Gasteiger partial charge >= 0.3 is 6.43 Å². The van der Waals surface area contributed by atoms with Gasteiger partial charge in [-0.15, -0.1) is 0 Å². The third-order valence-electron chi connectivity index (χ3n) is 4.03. The summed E-state index contributed by atoms with van der Waals surface area (Å²) in [5.74, 6) is 0.371. The number of nitrogens with one attached hydrogen (secondary N) is 1. The average molecular weight is 351 g/mol. The van der Waals surface area contributed by atoms with Crippen LogP contribution in [-0.2, 0) is 4.79 Å². The first-order chi connectivity index (χ1) is 12.1. The summed E-state index contributed by atoms with van der Waals surface area (Å²) in [4.78, 5) is 27.7. The molecule has 8 nitrogen and oxygen atoms in total. The second-order valence-corrected chi connectivity index (χ2v) is 5.62. The van der Waals surface area contributed by atoms with Crippen molar-refractivity contribution in [3.63, 3.8) is 0 Å². The smallest absolute Gasteiger partial charge is 0.315 e. The highest BCUT2D eigenvalue weighted by Gasteiger charge is 2.19. The SMILES string of the molecule is O=C(NCCN1CCN(c2cc(-n3ccnc3)ncn2)CC1)C(F)F. The zero-order valence-electron chi connectivity index (χ0n) is 13.6. The molecule has 1 aliphatic heterocycles. The molecular weight excluding hydrogens is 332 g/mol. The van der Waals surface area contributed by atoms with Gasteiger partial charge in [-0.05, 0) is 0 Å². The predicted molar refractivity (Wildman–Crippen MR) is 86.8 cm³/mol. The Kier molecular flexibility index (Phi) is 5.49. The second-order valence-electron chi connectivity index (χ2n) is 5.62. The largest absolute Gasteiger partial charge is 0.354 e. The zero-order valence-corrected chi connectivity index (χ0v) is 13.6. The number of amides is 1. The maximum absolute atomic E-state index is 12.1. The van der Waals surface area contributed by atoms with Crippen molar-refractivity contribution in [2.75, 3.05) is 44.2 Å². The van der Waals surface area contributed by atoms with Crippen LogP contribution >= 0.6 is 0 Å². The molecule has 10 heteroatoms. The van der Waals surface area contributed by atoms with Crippen molar-refractivity contribution in [3.05, 3.63) is 31.1 Å².